The van der Waals surface area contributed by atoms with Crippen LogP contribution in [0.25, 0.3) is 0 Å². The molecular weight excluding hydrogens is 242 g/mol. The maximum Gasteiger partial charge on any atom is 0.236 e. The highest BCUT2D eigenvalue weighted by Crippen LogP contribution is 2.09. The summed E-state index contributed by atoms with van der Waals surface area (Å²) in [4.78, 5) is 16.2. The van der Waals surface area contributed by atoms with Gasteiger partial charge in [0.1, 0.15) is 0 Å². The summed E-state index contributed by atoms with van der Waals surface area (Å²) in [7, 11) is 2.09. The van der Waals surface area contributed by atoms with Crippen LogP contribution < -0.4 is 5.32 Å². The Kier molecular flexibility index (Phi) is 8.02. The molecule has 0 spiro atoms. The highest BCUT2D eigenvalue weighted by molar-refractivity contribution is 5.78. The Morgan fingerprint density at radius 2 is 1.95 bits per heavy atom. The highest BCUT2D eigenvalue weighted by atomic mass is 16.3. The van der Waals surface area contributed by atoms with Gasteiger partial charge in [0.25, 0.3) is 0 Å². The predicted octanol–water partition coefficient (Wildman–Crippen LogP) is 0.149. The summed E-state index contributed by atoms with van der Waals surface area (Å²) in [5, 5.41) is 12.2. The molecule has 19 heavy (non-hydrogen) atoms. The van der Waals surface area contributed by atoms with Crippen LogP contribution in [0, 0.1) is 5.92 Å². The molecular formula is C14H29N3O2. The maximum absolute atomic E-state index is 12.0. The summed E-state index contributed by atoms with van der Waals surface area (Å²) in [6.45, 7) is 7.25. The van der Waals surface area contributed by atoms with Crippen molar-refractivity contribution >= 4 is 5.91 Å². The fourth-order valence-electron chi connectivity index (χ4n) is 2.49. The molecule has 2 N–H and O–H groups in total. The predicted molar refractivity (Wildman–Crippen MR) is 77.0 cm³/mol. The van der Waals surface area contributed by atoms with Gasteiger partial charge in [0.05, 0.1) is 6.54 Å². The normalized spacial score (nSPS) is 18.6. The molecule has 5 heteroatoms. The van der Waals surface area contributed by atoms with Crippen LogP contribution in [0.5, 0.6) is 0 Å². The van der Waals surface area contributed by atoms with Gasteiger partial charge < -0.3 is 20.2 Å². The number of hydrogen-bond acceptors (Lipinski definition) is 4. The minimum atomic E-state index is 0.201. The Morgan fingerprint density at radius 3 is 2.53 bits per heavy atom. The Bertz CT molecular complexity index is 247. The average Bonchev–Trinajstić information content (AvgIpc) is 2.40. The molecule has 1 unspecified atom stereocenters. The van der Waals surface area contributed by atoms with Gasteiger partial charge in [-0.15, -0.1) is 0 Å². The Labute approximate surface area is 117 Å². The molecule has 1 aliphatic heterocycles. The zero-order valence-electron chi connectivity index (χ0n) is 12.4. The van der Waals surface area contributed by atoms with Gasteiger partial charge in [0.15, 0.2) is 0 Å². The molecule has 1 amide bonds. The lowest BCUT2D eigenvalue weighted by molar-refractivity contribution is -0.131. The van der Waals surface area contributed by atoms with Gasteiger partial charge in [-0.25, -0.2) is 0 Å². The van der Waals surface area contributed by atoms with Crippen molar-refractivity contribution in [3.63, 3.8) is 0 Å². The fraction of sp³-hybridized carbons (Fsp3) is 0.929. The van der Waals surface area contributed by atoms with Gasteiger partial charge in [0.2, 0.25) is 5.91 Å². The van der Waals surface area contributed by atoms with Crippen LogP contribution in [-0.2, 0) is 4.79 Å². The van der Waals surface area contributed by atoms with Crippen molar-refractivity contribution in [2.45, 2.75) is 26.2 Å². The van der Waals surface area contributed by atoms with E-state index in [1.165, 1.54) is 0 Å². The first-order chi connectivity index (χ1) is 9.17. The maximum atomic E-state index is 12.0. The third-order valence-electron chi connectivity index (χ3n) is 3.80. The van der Waals surface area contributed by atoms with Gasteiger partial charge in [-0.3, -0.25) is 4.79 Å². The summed E-state index contributed by atoms with van der Waals surface area (Å²) >= 11 is 0. The molecule has 5 nitrogen and oxygen atoms in total. The summed E-state index contributed by atoms with van der Waals surface area (Å²) in [6, 6.07) is 0. The first-order valence-electron chi connectivity index (χ1n) is 7.45. The van der Waals surface area contributed by atoms with E-state index in [1.807, 2.05) is 4.90 Å². The molecule has 0 aromatic heterocycles. The van der Waals surface area contributed by atoms with E-state index in [4.69, 9.17) is 5.11 Å². The van der Waals surface area contributed by atoms with Crippen LogP contribution in [0.1, 0.15) is 26.2 Å². The molecule has 112 valence electrons. The van der Waals surface area contributed by atoms with Crippen LogP contribution in [0.3, 0.4) is 0 Å². The summed E-state index contributed by atoms with van der Waals surface area (Å²) < 4.78 is 0. The van der Waals surface area contributed by atoms with Crippen molar-refractivity contribution in [3.8, 4) is 0 Å². The second-order valence-electron chi connectivity index (χ2n) is 5.48. The molecule has 0 aliphatic carbocycles. The molecule has 0 aromatic rings. The van der Waals surface area contributed by atoms with Gasteiger partial charge in [-0.05, 0) is 32.4 Å². The number of piperazine rings is 1. The number of aliphatic hydroxyl groups is 1. The van der Waals surface area contributed by atoms with E-state index >= 15 is 0 Å². The van der Waals surface area contributed by atoms with E-state index in [0.717, 1.165) is 52.0 Å². The lowest BCUT2D eigenvalue weighted by Gasteiger charge is -2.32. The minimum absolute atomic E-state index is 0.201. The van der Waals surface area contributed by atoms with Crippen LogP contribution in [-0.4, -0.2) is 73.7 Å². The lowest BCUT2D eigenvalue weighted by Crippen LogP contribution is -2.49. The number of carbonyl (C=O) groups is 1. The van der Waals surface area contributed by atoms with Crippen LogP contribution >= 0.6 is 0 Å². The van der Waals surface area contributed by atoms with Crippen molar-refractivity contribution < 1.29 is 9.90 Å². The van der Waals surface area contributed by atoms with Crippen LogP contribution in [0.4, 0.5) is 0 Å². The number of rotatable bonds is 8. The van der Waals surface area contributed by atoms with Gasteiger partial charge >= 0.3 is 0 Å². The third-order valence-corrected chi connectivity index (χ3v) is 3.80. The van der Waals surface area contributed by atoms with Crippen molar-refractivity contribution in [2.24, 2.45) is 5.92 Å². The van der Waals surface area contributed by atoms with Crippen molar-refractivity contribution in [1.82, 2.24) is 15.1 Å². The van der Waals surface area contributed by atoms with Gasteiger partial charge in [-0.2, -0.15) is 0 Å². The van der Waals surface area contributed by atoms with Gasteiger partial charge in [0, 0.05) is 32.8 Å². The topological polar surface area (TPSA) is 55.8 Å². The van der Waals surface area contributed by atoms with E-state index in [2.05, 4.69) is 24.2 Å². The third kappa shape index (κ3) is 6.36. The number of carbonyl (C=O) groups excluding carboxylic acids is 1. The lowest BCUT2D eigenvalue weighted by atomic mass is 10.0. The monoisotopic (exact) mass is 271 g/mol. The van der Waals surface area contributed by atoms with Crippen LogP contribution in [0.15, 0.2) is 0 Å². The molecule has 1 saturated heterocycles. The number of amides is 1. The fourth-order valence-corrected chi connectivity index (χ4v) is 2.49. The zero-order valence-corrected chi connectivity index (χ0v) is 12.4. The molecule has 1 aliphatic rings. The molecule has 1 heterocycles. The van der Waals surface area contributed by atoms with E-state index in [1.54, 1.807) is 0 Å². The molecule has 0 aromatic carbocycles. The zero-order chi connectivity index (χ0) is 14.1. The van der Waals surface area contributed by atoms with E-state index in [0.29, 0.717) is 12.5 Å². The molecule has 1 atom stereocenters. The SMILES string of the molecule is CCCC(CCO)CNCC(=O)N1CCN(C)CC1. The number of nitrogens with one attached hydrogen (secondary N) is 1. The van der Waals surface area contributed by atoms with Crippen molar-refractivity contribution in [3.05, 3.63) is 0 Å². The second kappa shape index (κ2) is 9.28. The molecule has 0 bridgehead atoms. The first-order valence-corrected chi connectivity index (χ1v) is 7.45. The molecule has 0 saturated carbocycles. The van der Waals surface area contributed by atoms with Crippen molar-refractivity contribution in [2.75, 3.05) is 52.9 Å². The Balaban J connectivity index is 2.18. The minimum Gasteiger partial charge on any atom is -0.396 e. The number of hydrogen-bond donors (Lipinski definition) is 2. The van der Waals surface area contributed by atoms with Gasteiger partial charge in [-0.1, -0.05) is 13.3 Å². The quantitative estimate of drug-likeness (QED) is 0.660. The summed E-state index contributed by atoms with van der Waals surface area (Å²) in [6.07, 6.45) is 3.05. The number of likely N-dealkylation sites (N-methyl/N-ethyl adjacent to an activating group) is 1. The Hall–Kier alpha value is -0.650. The standard InChI is InChI=1S/C14H29N3O2/c1-3-4-13(5-10-18)11-15-12-14(19)17-8-6-16(2)7-9-17/h13,15,18H,3-12H2,1-2H3. The van der Waals surface area contributed by atoms with Crippen LogP contribution in [0.2, 0.25) is 0 Å². The van der Waals surface area contributed by atoms with E-state index in [9.17, 15) is 4.79 Å². The first kappa shape index (κ1) is 16.4. The number of nitrogens with zero attached hydrogens (tertiary/aromatic N) is 2. The Morgan fingerprint density at radius 1 is 1.26 bits per heavy atom. The van der Waals surface area contributed by atoms with Crippen molar-refractivity contribution in [1.29, 1.82) is 0 Å². The molecule has 0 radical (unpaired) electrons. The summed E-state index contributed by atoms with van der Waals surface area (Å²) in [5.74, 6) is 0.683. The molecule has 1 fully saturated rings. The summed E-state index contributed by atoms with van der Waals surface area (Å²) in [5.41, 5.74) is 0. The second-order valence-corrected chi connectivity index (χ2v) is 5.48. The van der Waals surface area contributed by atoms with E-state index in [-0.39, 0.29) is 12.5 Å². The average molecular weight is 271 g/mol. The molecule has 1 rings (SSSR count). The largest absolute Gasteiger partial charge is 0.396 e. The van der Waals surface area contributed by atoms with E-state index < -0.39 is 0 Å². The number of aliphatic hydroxyl groups excluding tert-OH is 1. The smallest absolute Gasteiger partial charge is 0.236 e. The highest BCUT2D eigenvalue weighted by Gasteiger charge is 2.18.